The zero-order valence-electron chi connectivity index (χ0n) is 16.0. The van der Waals surface area contributed by atoms with Crippen molar-refractivity contribution in [1.29, 1.82) is 0 Å². The summed E-state index contributed by atoms with van der Waals surface area (Å²) in [6.45, 7) is 10.9. The maximum Gasteiger partial charge on any atom is 0.198 e. The Morgan fingerprint density at radius 2 is 1.93 bits per heavy atom. The Balaban J connectivity index is 1.82. The highest BCUT2D eigenvalue weighted by molar-refractivity contribution is 6.18. The maximum absolute atomic E-state index is 13.2. The lowest BCUT2D eigenvalue weighted by molar-refractivity contribution is 0.103. The van der Waals surface area contributed by atoms with Gasteiger partial charge in [0.1, 0.15) is 5.76 Å². The Hall–Kier alpha value is -3.01. The first-order valence-electron chi connectivity index (χ1n) is 9.17. The van der Waals surface area contributed by atoms with Gasteiger partial charge in [0.2, 0.25) is 0 Å². The molecule has 2 N–H and O–H groups in total. The van der Waals surface area contributed by atoms with Gasteiger partial charge in [-0.25, -0.2) is 0 Å². The van der Waals surface area contributed by atoms with E-state index in [-0.39, 0.29) is 5.78 Å². The van der Waals surface area contributed by atoms with E-state index < -0.39 is 0 Å². The van der Waals surface area contributed by atoms with Crippen molar-refractivity contribution in [3.63, 3.8) is 0 Å². The molecule has 1 heterocycles. The summed E-state index contributed by atoms with van der Waals surface area (Å²) in [7, 11) is 1.56. The fraction of sp³-hybridized carbons (Fsp3) is 0.261. The minimum Gasteiger partial charge on any atom is -0.501 e. The van der Waals surface area contributed by atoms with Crippen LogP contribution in [0.3, 0.4) is 0 Å². The molecule has 1 fully saturated rings. The standard InChI is InChI=1S/C23H26N2O2/c1-15(19-8-6-5-7-9-19)22(17(3)27-4)23(26)20-12-21(25-14-20)16(2)24-13-18-10-11-18/h5-9,12,14,18,24-25H,1-2,10-11,13H2,3-4H3/b22-17+. The number of ketones is 1. The molecule has 4 nitrogen and oxygen atoms in total. The molecule has 0 unspecified atom stereocenters. The second kappa shape index (κ2) is 8.12. The fourth-order valence-corrected chi connectivity index (χ4v) is 2.92. The van der Waals surface area contributed by atoms with E-state index in [1.807, 2.05) is 36.4 Å². The van der Waals surface area contributed by atoms with E-state index in [0.717, 1.165) is 29.4 Å². The van der Waals surface area contributed by atoms with Gasteiger partial charge in [-0.05, 0) is 42.9 Å². The van der Waals surface area contributed by atoms with Crippen LogP contribution < -0.4 is 5.32 Å². The molecule has 0 atom stereocenters. The van der Waals surface area contributed by atoms with Gasteiger partial charge in [0.25, 0.3) is 0 Å². The summed E-state index contributed by atoms with van der Waals surface area (Å²) in [5, 5.41) is 3.33. The third-order valence-corrected chi connectivity index (χ3v) is 4.88. The smallest absolute Gasteiger partial charge is 0.198 e. The monoisotopic (exact) mass is 362 g/mol. The largest absolute Gasteiger partial charge is 0.501 e. The van der Waals surface area contributed by atoms with Gasteiger partial charge in [0, 0.05) is 18.3 Å². The molecule has 3 rings (SSSR count). The highest BCUT2D eigenvalue weighted by Crippen LogP contribution is 2.29. The number of allylic oxidation sites excluding steroid dienone is 3. The molecule has 4 heteroatoms. The summed E-state index contributed by atoms with van der Waals surface area (Å²) in [6, 6.07) is 11.5. The predicted molar refractivity (Wildman–Crippen MR) is 110 cm³/mol. The Bertz CT molecular complexity index is 886. The van der Waals surface area contributed by atoms with Crippen molar-refractivity contribution in [2.75, 3.05) is 13.7 Å². The van der Waals surface area contributed by atoms with Crippen LogP contribution >= 0.6 is 0 Å². The van der Waals surface area contributed by atoms with Crippen LogP contribution in [0.25, 0.3) is 11.3 Å². The molecule has 2 aromatic rings. The topological polar surface area (TPSA) is 54.1 Å². The number of benzene rings is 1. The molecule has 27 heavy (non-hydrogen) atoms. The number of ether oxygens (including phenoxy) is 1. The number of aromatic nitrogens is 1. The van der Waals surface area contributed by atoms with Crippen LogP contribution in [0.15, 0.2) is 67.1 Å². The van der Waals surface area contributed by atoms with Crippen molar-refractivity contribution in [3.8, 4) is 0 Å². The van der Waals surface area contributed by atoms with Crippen molar-refractivity contribution in [3.05, 3.63) is 83.9 Å². The van der Waals surface area contributed by atoms with Gasteiger partial charge < -0.3 is 15.0 Å². The SMILES string of the molecule is C=C(/C(C(=O)c1c[nH]c(C(=C)NCC2CC2)c1)=C(/C)OC)c1ccccc1. The van der Waals surface area contributed by atoms with E-state index in [2.05, 4.69) is 23.5 Å². The summed E-state index contributed by atoms with van der Waals surface area (Å²) in [5.41, 5.74) is 4.20. The normalized spacial score (nSPS) is 14.3. The summed E-state index contributed by atoms with van der Waals surface area (Å²) >= 11 is 0. The van der Waals surface area contributed by atoms with Gasteiger partial charge in [0.05, 0.1) is 24.1 Å². The third kappa shape index (κ3) is 4.40. The van der Waals surface area contributed by atoms with E-state index in [4.69, 9.17) is 4.74 Å². The zero-order valence-corrected chi connectivity index (χ0v) is 16.0. The van der Waals surface area contributed by atoms with Gasteiger partial charge >= 0.3 is 0 Å². The summed E-state index contributed by atoms with van der Waals surface area (Å²) < 4.78 is 5.38. The summed E-state index contributed by atoms with van der Waals surface area (Å²) in [6.07, 6.45) is 4.27. The number of nitrogens with one attached hydrogen (secondary N) is 2. The molecule has 1 saturated carbocycles. The first-order chi connectivity index (χ1) is 13.0. The van der Waals surface area contributed by atoms with Crippen molar-refractivity contribution in [1.82, 2.24) is 10.3 Å². The second-order valence-electron chi connectivity index (χ2n) is 6.91. The number of H-pyrrole nitrogens is 1. The van der Waals surface area contributed by atoms with Crippen LogP contribution in [0.4, 0.5) is 0 Å². The molecule has 1 aromatic heterocycles. The fourth-order valence-electron chi connectivity index (χ4n) is 2.92. The first kappa shape index (κ1) is 18.8. The van der Waals surface area contributed by atoms with Crippen LogP contribution in [0.2, 0.25) is 0 Å². The average molecular weight is 362 g/mol. The minimum atomic E-state index is -0.124. The van der Waals surface area contributed by atoms with Crippen LogP contribution in [-0.2, 0) is 4.74 Å². The van der Waals surface area contributed by atoms with Crippen molar-refractivity contribution in [2.45, 2.75) is 19.8 Å². The number of rotatable bonds is 9. The lowest BCUT2D eigenvalue weighted by Gasteiger charge is -2.13. The Morgan fingerprint density at radius 3 is 2.56 bits per heavy atom. The van der Waals surface area contributed by atoms with Crippen LogP contribution in [-0.4, -0.2) is 24.4 Å². The lowest BCUT2D eigenvalue weighted by atomic mass is 9.93. The molecular formula is C23H26N2O2. The van der Waals surface area contributed by atoms with E-state index >= 15 is 0 Å². The molecule has 1 aromatic carbocycles. The second-order valence-corrected chi connectivity index (χ2v) is 6.91. The molecule has 0 amide bonds. The number of carbonyl (C=O) groups is 1. The number of hydrogen-bond acceptors (Lipinski definition) is 3. The third-order valence-electron chi connectivity index (χ3n) is 4.88. The summed E-state index contributed by atoms with van der Waals surface area (Å²) in [5.74, 6) is 1.17. The Kier molecular flexibility index (Phi) is 5.65. The van der Waals surface area contributed by atoms with Crippen molar-refractivity contribution < 1.29 is 9.53 Å². The molecule has 0 bridgehead atoms. The summed E-state index contributed by atoms with van der Waals surface area (Å²) in [4.78, 5) is 16.3. The molecule has 0 radical (unpaired) electrons. The number of hydrogen-bond donors (Lipinski definition) is 2. The maximum atomic E-state index is 13.2. The molecular weight excluding hydrogens is 336 g/mol. The van der Waals surface area contributed by atoms with E-state index in [9.17, 15) is 4.79 Å². The average Bonchev–Trinajstić information content (AvgIpc) is 3.39. The highest BCUT2D eigenvalue weighted by atomic mass is 16.5. The van der Waals surface area contributed by atoms with E-state index in [1.165, 1.54) is 12.8 Å². The Morgan fingerprint density at radius 1 is 1.22 bits per heavy atom. The molecule has 140 valence electrons. The number of aromatic amines is 1. The predicted octanol–water partition coefficient (Wildman–Crippen LogP) is 4.80. The highest BCUT2D eigenvalue weighted by Gasteiger charge is 2.23. The van der Waals surface area contributed by atoms with Gasteiger partial charge in [-0.2, -0.15) is 0 Å². The van der Waals surface area contributed by atoms with Crippen LogP contribution in [0.5, 0.6) is 0 Å². The van der Waals surface area contributed by atoms with Crippen molar-refractivity contribution >= 4 is 17.1 Å². The molecule has 0 aliphatic heterocycles. The van der Waals surface area contributed by atoms with Crippen molar-refractivity contribution in [2.24, 2.45) is 5.92 Å². The lowest BCUT2D eigenvalue weighted by Crippen LogP contribution is -2.14. The molecule has 1 aliphatic rings. The van der Waals surface area contributed by atoms with Gasteiger partial charge in [-0.1, -0.05) is 43.5 Å². The van der Waals surface area contributed by atoms with Crippen LogP contribution in [0.1, 0.15) is 41.4 Å². The van der Waals surface area contributed by atoms with Crippen LogP contribution in [0, 0.1) is 5.92 Å². The first-order valence-corrected chi connectivity index (χ1v) is 9.17. The molecule has 1 aliphatic carbocycles. The van der Waals surface area contributed by atoms with E-state index in [0.29, 0.717) is 22.5 Å². The van der Waals surface area contributed by atoms with Gasteiger partial charge in [-0.15, -0.1) is 0 Å². The quantitative estimate of drug-likeness (QED) is 0.291. The van der Waals surface area contributed by atoms with Gasteiger partial charge in [0.15, 0.2) is 5.78 Å². The number of methoxy groups -OCH3 is 1. The van der Waals surface area contributed by atoms with E-state index in [1.54, 1.807) is 20.2 Å². The molecule has 0 spiro atoms. The minimum absolute atomic E-state index is 0.124. The number of carbonyl (C=O) groups excluding carboxylic acids is 1. The van der Waals surface area contributed by atoms with Gasteiger partial charge in [-0.3, -0.25) is 4.79 Å². The zero-order chi connectivity index (χ0) is 19.4. The molecule has 0 saturated heterocycles. The number of Topliss-reactive ketones (excluding diaryl/α,β-unsaturated/α-hetero) is 1. The Labute approximate surface area is 160 Å².